The van der Waals surface area contributed by atoms with E-state index in [1.165, 1.54) is 44.9 Å². The second-order valence-electron chi connectivity index (χ2n) is 6.25. The van der Waals surface area contributed by atoms with Crippen LogP contribution in [0.25, 0.3) is 5.57 Å². The highest BCUT2D eigenvalue weighted by Crippen LogP contribution is 2.26. The molecule has 1 aliphatic heterocycles. The highest BCUT2D eigenvalue weighted by atomic mass is 16.5. The van der Waals surface area contributed by atoms with Crippen molar-refractivity contribution in [2.24, 2.45) is 0 Å². The molecule has 1 aromatic carbocycles. The van der Waals surface area contributed by atoms with E-state index in [0.717, 1.165) is 12.2 Å². The number of carbonyl (C=O) groups excluding carboxylic acids is 1. The fourth-order valence-electron chi connectivity index (χ4n) is 2.82. The molecule has 0 bridgehead atoms. The Hall–Kier alpha value is -1.97. The van der Waals surface area contributed by atoms with E-state index < -0.39 is 5.97 Å². The molecule has 0 atom stereocenters. The lowest BCUT2D eigenvalue weighted by molar-refractivity contribution is -0.134. The first-order valence-corrected chi connectivity index (χ1v) is 9.05. The van der Waals surface area contributed by atoms with Gasteiger partial charge in [0.2, 0.25) is 0 Å². The van der Waals surface area contributed by atoms with Gasteiger partial charge >= 0.3 is 5.97 Å². The van der Waals surface area contributed by atoms with Crippen LogP contribution in [0.15, 0.2) is 30.0 Å². The Morgan fingerprint density at radius 3 is 2.21 bits per heavy atom. The average Bonchev–Trinajstić information content (AvgIpc) is 2.93. The van der Waals surface area contributed by atoms with Gasteiger partial charge < -0.3 is 14.6 Å². The monoisotopic (exact) mass is 332 g/mol. The van der Waals surface area contributed by atoms with Crippen molar-refractivity contribution in [3.63, 3.8) is 0 Å². The second-order valence-corrected chi connectivity index (χ2v) is 6.25. The molecule has 1 aromatic rings. The molecule has 0 radical (unpaired) electrons. The van der Waals surface area contributed by atoms with Gasteiger partial charge in [0.1, 0.15) is 23.7 Å². The number of carbonyl (C=O) groups is 1. The van der Waals surface area contributed by atoms with Crippen LogP contribution in [0.2, 0.25) is 0 Å². The van der Waals surface area contributed by atoms with Crippen LogP contribution in [0.5, 0.6) is 5.75 Å². The van der Waals surface area contributed by atoms with Crippen LogP contribution < -0.4 is 4.74 Å². The molecule has 1 N–H and O–H groups in total. The van der Waals surface area contributed by atoms with E-state index >= 15 is 0 Å². The standard InChI is InChI=1S/C20H28O4/c1-2-3-4-5-6-7-8-9-14-23-17-12-10-16(11-13-17)19-18(21)15-24-20(19)22/h10-13,21H,2-9,14-15H2,1H3. The van der Waals surface area contributed by atoms with E-state index in [4.69, 9.17) is 9.47 Å². The molecule has 0 aromatic heterocycles. The normalized spacial score (nSPS) is 14.1. The molecule has 24 heavy (non-hydrogen) atoms. The Morgan fingerprint density at radius 1 is 1.00 bits per heavy atom. The Labute approximate surface area is 144 Å². The molecule has 0 unspecified atom stereocenters. The van der Waals surface area contributed by atoms with Crippen molar-refractivity contribution in [2.45, 2.75) is 58.3 Å². The van der Waals surface area contributed by atoms with Gasteiger partial charge in [0.05, 0.1) is 6.61 Å². The van der Waals surface area contributed by atoms with Crippen molar-refractivity contribution in [3.8, 4) is 5.75 Å². The molecule has 0 saturated carbocycles. The van der Waals surface area contributed by atoms with Gasteiger partial charge in [0.15, 0.2) is 0 Å². The molecule has 0 spiro atoms. The van der Waals surface area contributed by atoms with Crippen LogP contribution in [0.4, 0.5) is 0 Å². The molecule has 2 rings (SSSR count). The number of esters is 1. The molecule has 1 aliphatic rings. The highest BCUT2D eigenvalue weighted by Gasteiger charge is 2.25. The van der Waals surface area contributed by atoms with Gasteiger partial charge in [-0.05, 0) is 24.1 Å². The van der Waals surface area contributed by atoms with E-state index in [9.17, 15) is 9.90 Å². The Bertz CT molecular complexity index is 545. The zero-order valence-corrected chi connectivity index (χ0v) is 14.6. The predicted molar refractivity (Wildman–Crippen MR) is 95.1 cm³/mol. The van der Waals surface area contributed by atoms with Crippen molar-refractivity contribution in [2.75, 3.05) is 13.2 Å². The third-order valence-electron chi connectivity index (χ3n) is 4.24. The summed E-state index contributed by atoms with van der Waals surface area (Å²) in [6.07, 6.45) is 10.2. The van der Waals surface area contributed by atoms with Crippen molar-refractivity contribution < 1.29 is 19.4 Å². The molecule has 4 heteroatoms. The number of hydrogen-bond donors (Lipinski definition) is 1. The molecule has 0 amide bonds. The largest absolute Gasteiger partial charge is 0.508 e. The van der Waals surface area contributed by atoms with Gasteiger partial charge in [0.25, 0.3) is 0 Å². The number of hydrogen-bond acceptors (Lipinski definition) is 4. The minimum atomic E-state index is -0.472. The fraction of sp³-hybridized carbons (Fsp3) is 0.550. The quantitative estimate of drug-likeness (QED) is 0.456. The lowest BCUT2D eigenvalue weighted by atomic mass is 10.1. The summed E-state index contributed by atoms with van der Waals surface area (Å²) < 4.78 is 10.5. The van der Waals surface area contributed by atoms with Crippen molar-refractivity contribution in [1.29, 1.82) is 0 Å². The zero-order chi connectivity index (χ0) is 17.2. The molecule has 1 heterocycles. The minimum absolute atomic E-state index is 0.00685. The minimum Gasteiger partial charge on any atom is -0.508 e. The number of unbranched alkanes of at least 4 members (excludes halogenated alkanes) is 7. The van der Waals surface area contributed by atoms with E-state index in [2.05, 4.69) is 6.92 Å². The van der Waals surface area contributed by atoms with Crippen molar-refractivity contribution in [3.05, 3.63) is 35.6 Å². The molecule has 0 saturated heterocycles. The number of benzene rings is 1. The molecule has 4 nitrogen and oxygen atoms in total. The van der Waals surface area contributed by atoms with Crippen LogP contribution in [0, 0.1) is 0 Å². The maximum absolute atomic E-state index is 11.6. The second kappa shape index (κ2) is 10.0. The maximum Gasteiger partial charge on any atom is 0.342 e. The van der Waals surface area contributed by atoms with Crippen LogP contribution in [0.3, 0.4) is 0 Å². The summed E-state index contributed by atoms with van der Waals surface area (Å²) in [5.41, 5.74) is 0.916. The third kappa shape index (κ3) is 5.59. The van der Waals surface area contributed by atoms with Gasteiger partial charge in [-0.2, -0.15) is 0 Å². The van der Waals surface area contributed by atoms with Crippen LogP contribution >= 0.6 is 0 Å². The number of ether oxygens (including phenoxy) is 2. The summed E-state index contributed by atoms with van der Waals surface area (Å²) in [6, 6.07) is 7.21. The first kappa shape index (κ1) is 18.4. The molecular weight excluding hydrogens is 304 g/mol. The van der Waals surface area contributed by atoms with Gasteiger partial charge in [-0.25, -0.2) is 4.79 Å². The molecular formula is C20H28O4. The first-order valence-electron chi connectivity index (χ1n) is 9.05. The Kier molecular flexibility index (Phi) is 7.66. The number of aliphatic hydroxyl groups is 1. The molecule has 0 fully saturated rings. The summed E-state index contributed by atoms with van der Waals surface area (Å²) in [5.74, 6) is 0.306. The highest BCUT2D eigenvalue weighted by molar-refractivity contribution is 6.18. The van der Waals surface area contributed by atoms with Crippen LogP contribution in [-0.2, 0) is 9.53 Å². The molecule has 132 valence electrons. The first-order chi connectivity index (χ1) is 11.7. The summed E-state index contributed by atoms with van der Waals surface area (Å²) in [7, 11) is 0. The summed E-state index contributed by atoms with van der Waals surface area (Å²) in [6.45, 7) is 2.91. The third-order valence-corrected chi connectivity index (χ3v) is 4.24. The van der Waals surface area contributed by atoms with E-state index in [-0.39, 0.29) is 17.9 Å². The topological polar surface area (TPSA) is 55.8 Å². The lowest BCUT2D eigenvalue weighted by Gasteiger charge is -2.07. The number of cyclic esters (lactones) is 1. The number of rotatable bonds is 11. The van der Waals surface area contributed by atoms with Gasteiger partial charge in [-0.15, -0.1) is 0 Å². The lowest BCUT2D eigenvalue weighted by Crippen LogP contribution is -2.00. The summed E-state index contributed by atoms with van der Waals surface area (Å²) >= 11 is 0. The smallest absolute Gasteiger partial charge is 0.342 e. The number of aliphatic hydroxyl groups excluding tert-OH is 1. The van der Waals surface area contributed by atoms with E-state index in [0.29, 0.717) is 12.2 Å². The van der Waals surface area contributed by atoms with Gasteiger partial charge in [0, 0.05) is 0 Å². The Balaban J connectivity index is 1.64. The predicted octanol–water partition coefficient (Wildman–Crippen LogP) is 5.03. The Morgan fingerprint density at radius 2 is 1.62 bits per heavy atom. The van der Waals surface area contributed by atoms with Gasteiger partial charge in [-0.3, -0.25) is 0 Å². The SMILES string of the molecule is CCCCCCCCCCOc1ccc(C2=C(O)COC2=O)cc1. The summed E-state index contributed by atoms with van der Waals surface area (Å²) in [4.78, 5) is 11.6. The maximum atomic E-state index is 11.6. The van der Waals surface area contributed by atoms with Crippen LogP contribution in [-0.4, -0.2) is 24.3 Å². The fourth-order valence-corrected chi connectivity index (χ4v) is 2.82. The van der Waals surface area contributed by atoms with Gasteiger partial charge in [-0.1, -0.05) is 64.0 Å². The van der Waals surface area contributed by atoms with E-state index in [1.807, 2.05) is 12.1 Å². The van der Waals surface area contributed by atoms with Crippen LogP contribution in [0.1, 0.15) is 63.9 Å². The molecule has 0 aliphatic carbocycles. The van der Waals surface area contributed by atoms with Crippen molar-refractivity contribution >= 4 is 11.5 Å². The van der Waals surface area contributed by atoms with E-state index in [1.54, 1.807) is 12.1 Å². The summed E-state index contributed by atoms with van der Waals surface area (Å²) in [5, 5.41) is 9.68. The zero-order valence-electron chi connectivity index (χ0n) is 14.6. The average molecular weight is 332 g/mol. The van der Waals surface area contributed by atoms with Crippen molar-refractivity contribution in [1.82, 2.24) is 0 Å².